The van der Waals surface area contributed by atoms with Crippen LogP contribution in [0.25, 0.3) is 0 Å². The zero-order valence-corrected chi connectivity index (χ0v) is 9.54. The van der Waals surface area contributed by atoms with Gasteiger partial charge < -0.3 is 16.0 Å². The van der Waals surface area contributed by atoms with Crippen LogP contribution in [0, 0.1) is 5.82 Å². The number of nitrogens with one attached hydrogen (secondary N) is 1. The van der Waals surface area contributed by atoms with E-state index in [0.717, 1.165) is 25.9 Å². The lowest BCUT2D eigenvalue weighted by molar-refractivity contribution is 0.439. The van der Waals surface area contributed by atoms with Crippen molar-refractivity contribution in [3.63, 3.8) is 0 Å². The summed E-state index contributed by atoms with van der Waals surface area (Å²) in [5.74, 6) is -0.220. The summed E-state index contributed by atoms with van der Waals surface area (Å²) in [5.41, 5.74) is 6.68. The third-order valence-electron chi connectivity index (χ3n) is 3.22. The Labute approximate surface area is 95.4 Å². The average Bonchev–Trinajstić information content (AvgIpc) is 2.29. The highest BCUT2D eigenvalue weighted by molar-refractivity contribution is 5.54. The van der Waals surface area contributed by atoms with E-state index in [2.05, 4.69) is 10.2 Å². The summed E-state index contributed by atoms with van der Waals surface area (Å²) in [6.07, 6.45) is 2.11. The second-order valence-corrected chi connectivity index (χ2v) is 4.26. The maximum Gasteiger partial charge on any atom is 0.148 e. The number of halogens is 1. The van der Waals surface area contributed by atoms with E-state index in [4.69, 9.17) is 5.73 Å². The van der Waals surface area contributed by atoms with Crippen LogP contribution < -0.4 is 16.0 Å². The fourth-order valence-electron chi connectivity index (χ4n) is 2.19. The van der Waals surface area contributed by atoms with Crippen molar-refractivity contribution in [1.82, 2.24) is 5.32 Å². The van der Waals surface area contributed by atoms with Crippen LogP contribution in [0.15, 0.2) is 18.2 Å². The van der Waals surface area contributed by atoms with Gasteiger partial charge in [0.15, 0.2) is 0 Å². The molecule has 1 aliphatic rings. The molecule has 0 saturated carbocycles. The predicted octanol–water partition coefficient (Wildman–Crippen LogP) is 1.60. The van der Waals surface area contributed by atoms with Gasteiger partial charge in [-0.3, -0.25) is 0 Å². The molecule has 0 aliphatic carbocycles. The lowest BCUT2D eigenvalue weighted by Gasteiger charge is -2.33. The topological polar surface area (TPSA) is 41.3 Å². The summed E-state index contributed by atoms with van der Waals surface area (Å²) in [7, 11) is 1.98. The molecule has 0 radical (unpaired) electrons. The standard InChI is InChI=1S/C12H18FN3/c1-15-10-4-6-16(7-5-10)12-3-2-9(14)8-11(12)13/h2-3,8,10,15H,4-7,14H2,1H3. The largest absolute Gasteiger partial charge is 0.399 e. The second kappa shape index (κ2) is 4.70. The normalized spacial score (nSPS) is 17.8. The molecular weight excluding hydrogens is 205 g/mol. The molecule has 0 unspecified atom stereocenters. The lowest BCUT2D eigenvalue weighted by atomic mass is 10.0. The van der Waals surface area contributed by atoms with E-state index in [1.807, 2.05) is 7.05 Å². The van der Waals surface area contributed by atoms with Crippen molar-refractivity contribution >= 4 is 11.4 Å². The van der Waals surface area contributed by atoms with Crippen LogP contribution in [-0.2, 0) is 0 Å². The van der Waals surface area contributed by atoms with Gasteiger partial charge in [0.05, 0.1) is 5.69 Å². The maximum atomic E-state index is 13.7. The van der Waals surface area contributed by atoms with E-state index in [-0.39, 0.29) is 5.82 Å². The Morgan fingerprint density at radius 2 is 2.06 bits per heavy atom. The molecule has 0 atom stereocenters. The molecule has 1 saturated heterocycles. The van der Waals surface area contributed by atoms with Crippen LogP contribution in [0.4, 0.5) is 15.8 Å². The van der Waals surface area contributed by atoms with Crippen LogP contribution in [-0.4, -0.2) is 26.2 Å². The van der Waals surface area contributed by atoms with Gasteiger partial charge in [0, 0.05) is 24.8 Å². The number of hydrogen-bond donors (Lipinski definition) is 2. The number of nitrogens with two attached hydrogens (primary N) is 1. The van der Waals surface area contributed by atoms with Gasteiger partial charge in [-0.2, -0.15) is 0 Å². The molecule has 16 heavy (non-hydrogen) atoms. The highest BCUT2D eigenvalue weighted by Gasteiger charge is 2.19. The highest BCUT2D eigenvalue weighted by atomic mass is 19.1. The minimum absolute atomic E-state index is 0.220. The second-order valence-electron chi connectivity index (χ2n) is 4.26. The number of nitrogen functional groups attached to an aromatic ring is 1. The molecule has 0 bridgehead atoms. The van der Waals surface area contributed by atoms with Gasteiger partial charge >= 0.3 is 0 Å². The van der Waals surface area contributed by atoms with Gasteiger partial charge in [-0.15, -0.1) is 0 Å². The molecule has 88 valence electrons. The highest BCUT2D eigenvalue weighted by Crippen LogP contribution is 2.24. The monoisotopic (exact) mass is 223 g/mol. The van der Waals surface area contributed by atoms with Crippen LogP contribution in [0.1, 0.15) is 12.8 Å². The first-order chi connectivity index (χ1) is 7.70. The summed E-state index contributed by atoms with van der Waals surface area (Å²) in [6.45, 7) is 1.79. The molecule has 0 aromatic heterocycles. The van der Waals surface area contributed by atoms with Gasteiger partial charge in [-0.1, -0.05) is 0 Å². The Kier molecular flexibility index (Phi) is 3.29. The summed E-state index contributed by atoms with van der Waals surface area (Å²) >= 11 is 0. The summed E-state index contributed by atoms with van der Waals surface area (Å²) in [6, 6.07) is 5.47. The third kappa shape index (κ3) is 2.27. The van der Waals surface area contributed by atoms with E-state index in [1.54, 1.807) is 12.1 Å². The fraction of sp³-hybridized carbons (Fsp3) is 0.500. The molecule has 3 N–H and O–H groups in total. The third-order valence-corrected chi connectivity index (χ3v) is 3.22. The van der Waals surface area contributed by atoms with Crippen molar-refractivity contribution in [1.29, 1.82) is 0 Å². The van der Waals surface area contributed by atoms with Crippen molar-refractivity contribution in [2.45, 2.75) is 18.9 Å². The first kappa shape index (κ1) is 11.2. The molecule has 2 rings (SSSR count). The minimum atomic E-state index is -0.220. The van der Waals surface area contributed by atoms with Crippen molar-refractivity contribution < 1.29 is 4.39 Å². The molecular formula is C12H18FN3. The smallest absolute Gasteiger partial charge is 0.148 e. The van der Waals surface area contributed by atoms with Crippen LogP contribution in [0.5, 0.6) is 0 Å². The van der Waals surface area contributed by atoms with Crippen molar-refractivity contribution in [3.05, 3.63) is 24.0 Å². The van der Waals surface area contributed by atoms with E-state index < -0.39 is 0 Å². The van der Waals surface area contributed by atoms with E-state index in [0.29, 0.717) is 17.4 Å². The fourth-order valence-corrected chi connectivity index (χ4v) is 2.19. The maximum absolute atomic E-state index is 13.7. The van der Waals surface area contributed by atoms with Crippen LogP contribution >= 0.6 is 0 Å². The Morgan fingerprint density at radius 3 is 2.62 bits per heavy atom. The molecule has 1 aliphatic heterocycles. The first-order valence-corrected chi connectivity index (χ1v) is 5.68. The van der Waals surface area contributed by atoms with E-state index >= 15 is 0 Å². The number of hydrogen-bond acceptors (Lipinski definition) is 3. The van der Waals surface area contributed by atoms with Gasteiger partial charge in [-0.05, 0) is 38.1 Å². The predicted molar refractivity (Wildman–Crippen MR) is 65.1 cm³/mol. The molecule has 4 heteroatoms. The zero-order valence-electron chi connectivity index (χ0n) is 9.54. The molecule has 0 spiro atoms. The SMILES string of the molecule is CNC1CCN(c2ccc(N)cc2F)CC1. The molecule has 1 heterocycles. The Hall–Kier alpha value is -1.29. The molecule has 1 fully saturated rings. The number of rotatable bonds is 2. The van der Waals surface area contributed by atoms with Gasteiger partial charge in [0.2, 0.25) is 0 Å². The number of nitrogens with zero attached hydrogens (tertiary/aromatic N) is 1. The summed E-state index contributed by atoms with van der Waals surface area (Å²) in [4.78, 5) is 2.09. The van der Waals surface area contributed by atoms with Gasteiger partial charge in [0.1, 0.15) is 5.82 Å². The molecule has 1 aromatic carbocycles. The van der Waals surface area contributed by atoms with Gasteiger partial charge in [0.25, 0.3) is 0 Å². The van der Waals surface area contributed by atoms with Crippen molar-refractivity contribution in [3.8, 4) is 0 Å². The molecule has 3 nitrogen and oxygen atoms in total. The number of benzene rings is 1. The van der Waals surface area contributed by atoms with Gasteiger partial charge in [-0.25, -0.2) is 4.39 Å². The summed E-state index contributed by atoms with van der Waals surface area (Å²) < 4.78 is 13.7. The Balaban J connectivity index is 2.08. The lowest BCUT2D eigenvalue weighted by Crippen LogP contribution is -2.41. The van der Waals surface area contributed by atoms with Crippen molar-refractivity contribution in [2.75, 3.05) is 30.8 Å². The minimum Gasteiger partial charge on any atom is -0.399 e. The number of piperidine rings is 1. The molecule has 0 amide bonds. The van der Waals surface area contributed by atoms with Crippen molar-refractivity contribution in [2.24, 2.45) is 0 Å². The zero-order chi connectivity index (χ0) is 11.5. The first-order valence-electron chi connectivity index (χ1n) is 5.68. The van der Waals surface area contributed by atoms with E-state index in [1.165, 1.54) is 6.07 Å². The van der Waals surface area contributed by atoms with Crippen LogP contribution in [0.2, 0.25) is 0 Å². The van der Waals surface area contributed by atoms with E-state index in [9.17, 15) is 4.39 Å². The quantitative estimate of drug-likeness (QED) is 0.748. The van der Waals surface area contributed by atoms with Crippen LogP contribution in [0.3, 0.4) is 0 Å². The average molecular weight is 223 g/mol. The summed E-state index contributed by atoms with van der Waals surface area (Å²) in [5, 5.41) is 3.26. The number of anilines is 2. The Morgan fingerprint density at radius 1 is 1.38 bits per heavy atom. The Bertz CT molecular complexity index is 359. The molecule has 1 aromatic rings.